The fourth-order valence-corrected chi connectivity index (χ4v) is 2.36. The van der Waals surface area contributed by atoms with Gasteiger partial charge in [0.1, 0.15) is 5.75 Å². The van der Waals surface area contributed by atoms with Crippen LogP contribution in [0.1, 0.15) is 17.2 Å². The zero-order chi connectivity index (χ0) is 14.5. The first-order valence-electron chi connectivity index (χ1n) is 6.71. The van der Waals surface area contributed by atoms with Gasteiger partial charge < -0.3 is 14.7 Å². The van der Waals surface area contributed by atoms with Crippen LogP contribution in [0.25, 0.3) is 0 Å². The number of aliphatic hydroxyl groups is 1. The SMILES string of the molecule is COc1ccccc1N(C)CC(O)c1ccccc1C. The second-order valence-corrected chi connectivity index (χ2v) is 4.92. The van der Waals surface area contributed by atoms with Crippen LogP contribution < -0.4 is 9.64 Å². The maximum absolute atomic E-state index is 10.4. The average molecular weight is 271 g/mol. The monoisotopic (exact) mass is 271 g/mol. The van der Waals surface area contributed by atoms with Crippen LogP contribution in [0.15, 0.2) is 48.5 Å². The predicted octanol–water partition coefficient (Wildman–Crippen LogP) is 3.17. The first-order chi connectivity index (χ1) is 9.63. The molecular formula is C17H21NO2. The summed E-state index contributed by atoms with van der Waals surface area (Å²) in [5.74, 6) is 0.812. The fraction of sp³-hybridized carbons (Fsp3) is 0.294. The first kappa shape index (κ1) is 14.4. The number of hydrogen-bond donors (Lipinski definition) is 1. The van der Waals surface area contributed by atoms with E-state index in [4.69, 9.17) is 4.74 Å². The number of benzene rings is 2. The summed E-state index contributed by atoms with van der Waals surface area (Å²) in [5.41, 5.74) is 3.05. The Morgan fingerprint density at radius 3 is 2.45 bits per heavy atom. The molecule has 1 unspecified atom stereocenters. The lowest BCUT2D eigenvalue weighted by atomic mass is 10.0. The van der Waals surface area contributed by atoms with Crippen LogP contribution in [0.3, 0.4) is 0 Å². The van der Waals surface area contributed by atoms with Gasteiger partial charge >= 0.3 is 0 Å². The van der Waals surface area contributed by atoms with Crippen LogP contribution in [0, 0.1) is 6.92 Å². The molecule has 0 aliphatic rings. The Morgan fingerprint density at radius 1 is 1.10 bits per heavy atom. The third-order valence-electron chi connectivity index (χ3n) is 3.49. The number of rotatable bonds is 5. The quantitative estimate of drug-likeness (QED) is 0.906. The molecule has 106 valence electrons. The maximum atomic E-state index is 10.4. The summed E-state index contributed by atoms with van der Waals surface area (Å²) in [4.78, 5) is 2.01. The van der Waals surface area contributed by atoms with E-state index >= 15 is 0 Å². The van der Waals surface area contributed by atoms with Gasteiger partial charge in [-0.25, -0.2) is 0 Å². The summed E-state index contributed by atoms with van der Waals surface area (Å²) in [5, 5.41) is 10.4. The Bertz CT molecular complexity index is 568. The topological polar surface area (TPSA) is 32.7 Å². The molecule has 0 saturated heterocycles. The van der Waals surface area contributed by atoms with E-state index in [9.17, 15) is 5.11 Å². The van der Waals surface area contributed by atoms with Crippen molar-refractivity contribution in [2.45, 2.75) is 13.0 Å². The number of methoxy groups -OCH3 is 1. The van der Waals surface area contributed by atoms with Crippen LogP contribution >= 0.6 is 0 Å². The number of aryl methyl sites for hydroxylation is 1. The van der Waals surface area contributed by atoms with Gasteiger partial charge in [-0.05, 0) is 30.2 Å². The Labute approximate surface area is 120 Å². The number of ether oxygens (including phenoxy) is 1. The molecule has 0 spiro atoms. The highest BCUT2D eigenvalue weighted by Crippen LogP contribution is 2.28. The third-order valence-corrected chi connectivity index (χ3v) is 3.49. The first-order valence-corrected chi connectivity index (χ1v) is 6.71. The van der Waals surface area contributed by atoms with Gasteiger partial charge in [0.2, 0.25) is 0 Å². The van der Waals surface area contributed by atoms with Crippen molar-refractivity contribution >= 4 is 5.69 Å². The van der Waals surface area contributed by atoms with Gasteiger partial charge in [0.05, 0.1) is 18.9 Å². The van der Waals surface area contributed by atoms with Gasteiger partial charge in [-0.15, -0.1) is 0 Å². The van der Waals surface area contributed by atoms with Crippen molar-refractivity contribution in [2.75, 3.05) is 25.6 Å². The lowest BCUT2D eigenvalue weighted by molar-refractivity contribution is 0.184. The average Bonchev–Trinajstić information content (AvgIpc) is 2.47. The minimum Gasteiger partial charge on any atom is -0.495 e. The molecule has 3 nitrogen and oxygen atoms in total. The Hall–Kier alpha value is -2.00. The van der Waals surface area contributed by atoms with Crippen molar-refractivity contribution < 1.29 is 9.84 Å². The number of nitrogens with zero attached hydrogens (tertiary/aromatic N) is 1. The lowest BCUT2D eigenvalue weighted by Crippen LogP contribution is -2.24. The van der Waals surface area contributed by atoms with Gasteiger partial charge in [0.25, 0.3) is 0 Å². The predicted molar refractivity (Wildman–Crippen MR) is 82.4 cm³/mol. The number of anilines is 1. The molecule has 3 heteroatoms. The molecule has 20 heavy (non-hydrogen) atoms. The van der Waals surface area contributed by atoms with E-state index in [0.717, 1.165) is 22.6 Å². The van der Waals surface area contributed by atoms with Crippen LogP contribution in [-0.2, 0) is 0 Å². The van der Waals surface area contributed by atoms with Crippen molar-refractivity contribution in [1.82, 2.24) is 0 Å². The summed E-state index contributed by atoms with van der Waals surface area (Å²) in [6, 6.07) is 15.7. The van der Waals surface area contributed by atoms with E-state index < -0.39 is 6.10 Å². The number of aliphatic hydroxyl groups excluding tert-OH is 1. The largest absolute Gasteiger partial charge is 0.495 e. The van der Waals surface area contributed by atoms with Crippen molar-refractivity contribution in [3.05, 3.63) is 59.7 Å². The molecule has 2 rings (SSSR count). The van der Waals surface area contributed by atoms with E-state index in [2.05, 4.69) is 0 Å². The second kappa shape index (κ2) is 6.44. The van der Waals surface area contributed by atoms with Crippen LogP contribution in [-0.4, -0.2) is 25.8 Å². The maximum Gasteiger partial charge on any atom is 0.142 e. The van der Waals surface area contributed by atoms with Gasteiger partial charge in [-0.3, -0.25) is 0 Å². The van der Waals surface area contributed by atoms with Crippen LogP contribution in [0.5, 0.6) is 5.75 Å². The Morgan fingerprint density at radius 2 is 1.75 bits per heavy atom. The molecule has 2 aromatic rings. The second-order valence-electron chi connectivity index (χ2n) is 4.92. The summed E-state index contributed by atoms with van der Waals surface area (Å²) >= 11 is 0. The molecule has 1 atom stereocenters. The lowest BCUT2D eigenvalue weighted by Gasteiger charge is -2.25. The van der Waals surface area contributed by atoms with Crippen molar-refractivity contribution in [2.24, 2.45) is 0 Å². The van der Waals surface area contributed by atoms with E-state index in [1.807, 2.05) is 67.4 Å². The molecule has 0 aliphatic heterocycles. The minimum atomic E-state index is -0.522. The highest BCUT2D eigenvalue weighted by molar-refractivity contribution is 5.58. The third kappa shape index (κ3) is 3.11. The molecule has 0 fully saturated rings. The minimum absolute atomic E-state index is 0.519. The van der Waals surface area contributed by atoms with Gasteiger partial charge in [0.15, 0.2) is 0 Å². The molecular weight excluding hydrogens is 250 g/mol. The Kier molecular flexibility index (Phi) is 4.64. The molecule has 0 bridgehead atoms. The van der Waals surface area contributed by atoms with Gasteiger partial charge in [-0.1, -0.05) is 36.4 Å². The molecule has 0 heterocycles. The highest BCUT2D eigenvalue weighted by atomic mass is 16.5. The molecule has 0 radical (unpaired) electrons. The molecule has 2 aromatic carbocycles. The van der Waals surface area contributed by atoms with Gasteiger partial charge in [0, 0.05) is 13.6 Å². The van der Waals surface area contributed by atoms with E-state index in [1.54, 1.807) is 7.11 Å². The molecule has 0 saturated carbocycles. The van der Waals surface area contributed by atoms with Crippen molar-refractivity contribution in [3.8, 4) is 5.75 Å². The number of hydrogen-bond acceptors (Lipinski definition) is 3. The van der Waals surface area contributed by atoms with Crippen molar-refractivity contribution in [1.29, 1.82) is 0 Å². The molecule has 0 aliphatic carbocycles. The Balaban J connectivity index is 2.15. The summed E-state index contributed by atoms with van der Waals surface area (Å²) in [6.07, 6.45) is -0.522. The van der Waals surface area contributed by atoms with E-state index in [-0.39, 0.29) is 0 Å². The highest BCUT2D eigenvalue weighted by Gasteiger charge is 2.15. The van der Waals surface area contributed by atoms with Crippen LogP contribution in [0.2, 0.25) is 0 Å². The molecule has 0 aromatic heterocycles. The zero-order valence-electron chi connectivity index (χ0n) is 12.2. The fourth-order valence-electron chi connectivity index (χ4n) is 2.36. The summed E-state index contributed by atoms with van der Waals surface area (Å²) < 4.78 is 5.35. The van der Waals surface area contributed by atoms with Gasteiger partial charge in [-0.2, -0.15) is 0 Å². The summed E-state index contributed by atoms with van der Waals surface area (Å²) in [7, 11) is 3.61. The normalized spacial score (nSPS) is 12.0. The molecule has 0 amide bonds. The smallest absolute Gasteiger partial charge is 0.142 e. The van der Waals surface area contributed by atoms with E-state index in [1.165, 1.54) is 0 Å². The van der Waals surface area contributed by atoms with Crippen molar-refractivity contribution in [3.63, 3.8) is 0 Å². The standard InChI is InChI=1S/C17H21NO2/c1-13-8-4-5-9-14(13)16(19)12-18(2)15-10-6-7-11-17(15)20-3/h4-11,16,19H,12H2,1-3H3. The van der Waals surface area contributed by atoms with E-state index in [0.29, 0.717) is 6.54 Å². The van der Waals surface area contributed by atoms with Crippen LogP contribution in [0.4, 0.5) is 5.69 Å². The number of para-hydroxylation sites is 2. The summed E-state index contributed by atoms with van der Waals surface area (Å²) in [6.45, 7) is 2.53. The number of likely N-dealkylation sites (N-methyl/N-ethyl adjacent to an activating group) is 1. The zero-order valence-corrected chi connectivity index (χ0v) is 12.2. The molecule has 1 N–H and O–H groups in total.